The van der Waals surface area contributed by atoms with Crippen LogP contribution in [0.3, 0.4) is 0 Å². The number of aliphatic imine (C=N–C) groups is 1. The van der Waals surface area contributed by atoms with Gasteiger partial charge in [-0.25, -0.2) is 13.1 Å². The summed E-state index contributed by atoms with van der Waals surface area (Å²) in [5.41, 5.74) is 1.33. The Morgan fingerprint density at radius 1 is 1.12 bits per heavy atom. The van der Waals surface area contributed by atoms with E-state index in [1.54, 1.807) is 14.0 Å². The summed E-state index contributed by atoms with van der Waals surface area (Å²) in [6.07, 6.45) is 0. The first-order valence-corrected chi connectivity index (χ1v) is 10.4. The van der Waals surface area contributed by atoms with Gasteiger partial charge in [-0.15, -0.1) is 0 Å². The highest BCUT2D eigenvalue weighted by Gasteiger charge is 2.19. The SMILES string of the molecule is CCS(=O)(=O)NCCNC(=NC)N1CCN(Cc2ccccc2)CC1. The van der Waals surface area contributed by atoms with Crippen molar-refractivity contribution in [2.75, 3.05) is 52.1 Å². The van der Waals surface area contributed by atoms with E-state index in [1.165, 1.54) is 5.56 Å². The zero-order chi connectivity index (χ0) is 18.1. The number of sulfonamides is 1. The summed E-state index contributed by atoms with van der Waals surface area (Å²) in [5.74, 6) is 0.931. The molecule has 0 aliphatic carbocycles. The van der Waals surface area contributed by atoms with E-state index in [0.717, 1.165) is 38.7 Å². The second-order valence-corrected chi connectivity index (χ2v) is 8.12. The van der Waals surface area contributed by atoms with E-state index in [1.807, 2.05) is 6.07 Å². The van der Waals surface area contributed by atoms with Crippen LogP contribution in [0.1, 0.15) is 12.5 Å². The lowest BCUT2D eigenvalue weighted by Gasteiger charge is -2.36. The van der Waals surface area contributed by atoms with E-state index in [9.17, 15) is 8.42 Å². The van der Waals surface area contributed by atoms with Gasteiger partial charge in [0.2, 0.25) is 10.0 Å². The van der Waals surface area contributed by atoms with Gasteiger partial charge >= 0.3 is 0 Å². The average molecular weight is 368 g/mol. The van der Waals surface area contributed by atoms with Gasteiger partial charge in [-0.3, -0.25) is 9.89 Å². The lowest BCUT2D eigenvalue weighted by molar-refractivity contribution is 0.172. The summed E-state index contributed by atoms with van der Waals surface area (Å²) in [6, 6.07) is 10.5. The quantitative estimate of drug-likeness (QED) is 0.412. The summed E-state index contributed by atoms with van der Waals surface area (Å²) >= 11 is 0. The number of rotatable bonds is 7. The average Bonchev–Trinajstić information content (AvgIpc) is 2.64. The third-order valence-corrected chi connectivity index (χ3v) is 5.65. The Balaban J connectivity index is 1.72. The van der Waals surface area contributed by atoms with Gasteiger partial charge in [0.15, 0.2) is 5.96 Å². The molecule has 0 aromatic heterocycles. The number of nitrogens with one attached hydrogen (secondary N) is 2. The number of hydrogen-bond acceptors (Lipinski definition) is 4. The van der Waals surface area contributed by atoms with Crippen molar-refractivity contribution in [2.24, 2.45) is 4.99 Å². The minimum atomic E-state index is -3.14. The maximum atomic E-state index is 11.4. The fourth-order valence-electron chi connectivity index (χ4n) is 2.77. The predicted octanol–water partition coefficient (Wildman–Crippen LogP) is 0.319. The van der Waals surface area contributed by atoms with Crippen molar-refractivity contribution in [2.45, 2.75) is 13.5 Å². The second kappa shape index (κ2) is 9.74. The van der Waals surface area contributed by atoms with Gasteiger partial charge in [-0.2, -0.15) is 0 Å². The number of guanidine groups is 1. The molecular formula is C17H29N5O2S. The molecule has 1 saturated heterocycles. The van der Waals surface area contributed by atoms with Gasteiger partial charge in [0.05, 0.1) is 5.75 Å². The third-order valence-electron chi connectivity index (χ3n) is 4.24. The highest BCUT2D eigenvalue weighted by atomic mass is 32.2. The summed E-state index contributed by atoms with van der Waals surface area (Å²) in [4.78, 5) is 8.97. The van der Waals surface area contributed by atoms with Gasteiger partial charge in [0.1, 0.15) is 0 Å². The highest BCUT2D eigenvalue weighted by Crippen LogP contribution is 2.08. The van der Waals surface area contributed by atoms with Crippen molar-refractivity contribution in [1.82, 2.24) is 19.8 Å². The lowest BCUT2D eigenvalue weighted by atomic mass is 10.2. The molecule has 8 heteroatoms. The molecule has 0 bridgehead atoms. The fourth-order valence-corrected chi connectivity index (χ4v) is 3.39. The van der Waals surface area contributed by atoms with Crippen molar-refractivity contribution in [3.8, 4) is 0 Å². The summed E-state index contributed by atoms with van der Waals surface area (Å²) in [7, 11) is -1.38. The first-order chi connectivity index (χ1) is 12.0. The molecule has 140 valence electrons. The van der Waals surface area contributed by atoms with Crippen molar-refractivity contribution < 1.29 is 8.42 Å². The van der Waals surface area contributed by atoms with E-state index < -0.39 is 10.0 Å². The number of nitrogens with zero attached hydrogens (tertiary/aromatic N) is 3. The fraction of sp³-hybridized carbons (Fsp3) is 0.588. The molecule has 25 heavy (non-hydrogen) atoms. The normalized spacial score (nSPS) is 16.9. The summed E-state index contributed by atoms with van der Waals surface area (Å²) in [5, 5.41) is 3.23. The molecule has 1 heterocycles. The van der Waals surface area contributed by atoms with Crippen LogP contribution in [0.25, 0.3) is 0 Å². The van der Waals surface area contributed by atoms with E-state index in [-0.39, 0.29) is 5.75 Å². The van der Waals surface area contributed by atoms with Crippen LogP contribution in [-0.2, 0) is 16.6 Å². The number of hydrogen-bond donors (Lipinski definition) is 2. The van der Waals surface area contributed by atoms with Crippen LogP contribution in [0.2, 0.25) is 0 Å². The Hall–Kier alpha value is -1.64. The van der Waals surface area contributed by atoms with Crippen LogP contribution in [0.15, 0.2) is 35.3 Å². The van der Waals surface area contributed by atoms with Crippen LogP contribution in [0.5, 0.6) is 0 Å². The van der Waals surface area contributed by atoms with E-state index in [0.29, 0.717) is 13.1 Å². The first-order valence-electron chi connectivity index (χ1n) is 8.73. The monoisotopic (exact) mass is 367 g/mol. The molecule has 0 atom stereocenters. The smallest absolute Gasteiger partial charge is 0.211 e. The van der Waals surface area contributed by atoms with E-state index >= 15 is 0 Å². The minimum absolute atomic E-state index is 0.102. The topological polar surface area (TPSA) is 77.0 Å². The van der Waals surface area contributed by atoms with Crippen LogP contribution in [0.4, 0.5) is 0 Å². The highest BCUT2D eigenvalue weighted by molar-refractivity contribution is 7.89. The summed E-state index contributed by atoms with van der Waals surface area (Å²) in [6.45, 7) is 7.28. The Morgan fingerprint density at radius 3 is 2.40 bits per heavy atom. The van der Waals surface area contributed by atoms with Crippen LogP contribution in [-0.4, -0.2) is 76.2 Å². The van der Waals surface area contributed by atoms with E-state index in [2.05, 4.69) is 49.1 Å². The molecule has 2 N–H and O–H groups in total. The van der Waals surface area contributed by atoms with Crippen molar-refractivity contribution in [3.63, 3.8) is 0 Å². The molecule has 1 fully saturated rings. The maximum absolute atomic E-state index is 11.4. The molecule has 1 aromatic rings. The standard InChI is InChI=1S/C17H29N5O2S/c1-3-25(23,24)20-10-9-19-17(18-2)22-13-11-21(12-14-22)15-16-7-5-4-6-8-16/h4-8,20H,3,9-15H2,1-2H3,(H,18,19). The largest absolute Gasteiger partial charge is 0.355 e. The lowest BCUT2D eigenvalue weighted by Crippen LogP contribution is -2.53. The van der Waals surface area contributed by atoms with Crippen molar-refractivity contribution >= 4 is 16.0 Å². The van der Waals surface area contributed by atoms with Crippen LogP contribution in [0, 0.1) is 0 Å². The molecule has 1 aliphatic rings. The Morgan fingerprint density at radius 2 is 1.80 bits per heavy atom. The molecule has 0 saturated carbocycles. The van der Waals surface area contributed by atoms with Crippen LogP contribution >= 0.6 is 0 Å². The molecule has 0 amide bonds. The second-order valence-electron chi connectivity index (χ2n) is 6.02. The van der Waals surface area contributed by atoms with Gasteiger partial charge in [-0.05, 0) is 12.5 Å². The van der Waals surface area contributed by atoms with E-state index in [4.69, 9.17) is 0 Å². The number of piperazine rings is 1. The zero-order valence-electron chi connectivity index (χ0n) is 15.1. The Kier molecular flexibility index (Phi) is 7.67. The maximum Gasteiger partial charge on any atom is 0.211 e. The molecule has 1 aliphatic heterocycles. The Bertz CT molecular complexity index is 640. The van der Waals surface area contributed by atoms with Gasteiger partial charge in [0, 0.05) is 52.9 Å². The first kappa shape index (κ1) is 19.7. The molecule has 2 rings (SSSR count). The van der Waals surface area contributed by atoms with Gasteiger partial charge in [0.25, 0.3) is 0 Å². The third kappa shape index (κ3) is 6.64. The summed E-state index contributed by atoms with van der Waals surface area (Å²) < 4.78 is 25.4. The number of benzene rings is 1. The molecule has 0 radical (unpaired) electrons. The molecule has 0 spiro atoms. The molecule has 1 aromatic carbocycles. The molecule has 0 unspecified atom stereocenters. The van der Waals surface area contributed by atoms with Gasteiger partial charge < -0.3 is 10.2 Å². The predicted molar refractivity (Wildman–Crippen MR) is 102 cm³/mol. The van der Waals surface area contributed by atoms with Crippen molar-refractivity contribution in [3.05, 3.63) is 35.9 Å². The van der Waals surface area contributed by atoms with Gasteiger partial charge in [-0.1, -0.05) is 30.3 Å². The zero-order valence-corrected chi connectivity index (χ0v) is 15.9. The minimum Gasteiger partial charge on any atom is -0.355 e. The Labute approximate surface area is 151 Å². The molecule has 7 nitrogen and oxygen atoms in total. The van der Waals surface area contributed by atoms with Crippen molar-refractivity contribution in [1.29, 1.82) is 0 Å². The van der Waals surface area contributed by atoms with Crippen LogP contribution < -0.4 is 10.0 Å². The molecular weight excluding hydrogens is 338 g/mol.